The topological polar surface area (TPSA) is 145 Å². The number of oxazole rings is 1. The van der Waals surface area contributed by atoms with Crippen molar-refractivity contribution >= 4 is 28.7 Å². The van der Waals surface area contributed by atoms with Crippen molar-refractivity contribution in [3.8, 4) is 5.75 Å². The number of aromatic nitrogens is 1. The van der Waals surface area contributed by atoms with E-state index in [1.807, 2.05) is 6.07 Å². The van der Waals surface area contributed by atoms with E-state index in [0.29, 0.717) is 16.8 Å². The van der Waals surface area contributed by atoms with E-state index in [1.54, 1.807) is 24.3 Å². The van der Waals surface area contributed by atoms with Gasteiger partial charge in [0.05, 0.1) is 36.3 Å². The highest BCUT2D eigenvalue weighted by Crippen LogP contribution is 2.50. The molecule has 168 valence electrons. The number of esters is 2. The van der Waals surface area contributed by atoms with Crippen LogP contribution in [0, 0.1) is 0 Å². The van der Waals surface area contributed by atoms with E-state index in [-0.39, 0.29) is 17.7 Å². The van der Waals surface area contributed by atoms with Gasteiger partial charge in [0.25, 0.3) is 0 Å². The number of phenolic OH excluding ortho intramolecular Hbond substituents is 1. The van der Waals surface area contributed by atoms with Crippen LogP contribution in [0.25, 0.3) is 11.1 Å². The number of aromatic hydroxyl groups is 1. The Balaban J connectivity index is 0.000000155. The molecule has 3 aromatic rings. The van der Waals surface area contributed by atoms with Gasteiger partial charge in [-0.3, -0.25) is 14.6 Å². The van der Waals surface area contributed by atoms with Gasteiger partial charge in [-0.25, -0.2) is 4.79 Å². The maximum absolute atomic E-state index is 11.7. The molecule has 5 rings (SSSR count). The number of hydrogen-bond donors (Lipinski definition) is 3. The zero-order valence-electron chi connectivity index (χ0n) is 17.8. The summed E-state index contributed by atoms with van der Waals surface area (Å²) in [5.41, 5.74) is 7.65. The molecule has 2 saturated carbocycles. The Hall–Kier alpha value is -3.75. The normalized spacial score (nSPS) is 17.1. The van der Waals surface area contributed by atoms with Crippen molar-refractivity contribution in [3.63, 3.8) is 0 Å². The number of ether oxygens (including phenoxy) is 2. The van der Waals surface area contributed by atoms with E-state index >= 15 is 0 Å². The number of carbonyl (C=O) groups excluding carboxylic acids is 2. The average molecular weight is 440 g/mol. The number of benzene rings is 2. The second kappa shape index (κ2) is 7.74. The highest BCUT2D eigenvalue weighted by Gasteiger charge is 2.53. The van der Waals surface area contributed by atoms with Gasteiger partial charge >= 0.3 is 17.7 Å². The minimum Gasteiger partial charge on any atom is -0.506 e. The second-order valence-corrected chi connectivity index (χ2v) is 8.15. The third-order valence-electron chi connectivity index (χ3n) is 6.20. The summed E-state index contributed by atoms with van der Waals surface area (Å²) in [7, 11) is 2.77. The largest absolute Gasteiger partial charge is 0.506 e. The molecule has 2 aromatic carbocycles. The third kappa shape index (κ3) is 3.59. The molecule has 32 heavy (non-hydrogen) atoms. The van der Waals surface area contributed by atoms with E-state index in [2.05, 4.69) is 4.98 Å². The molecule has 2 aliphatic rings. The number of carbonyl (C=O) groups is 2. The fraction of sp³-hybridized carbons (Fsp3) is 0.348. The van der Waals surface area contributed by atoms with Crippen LogP contribution in [0.15, 0.2) is 45.6 Å². The first kappa shape index (κ1) is 21.5. The van der Waals surface area contributed by atoms with Crippen molar-refractivity contribution in [2.75, 3.05) is 20.0 Å². The number of fused-ring (bicyclic) bond motifs is 1. The van der Waals surface area contributed by atoms with Gasteiger partial charge < -0.3 is 24.7 Å². The maximum atomic E-state index is 11.7. The summed E-state index contributed by atoms with van der Waals surface area (Å²) < 4.78 is 14.5. The fourth-order valence-corrected chi connectivity index (χ4v) is 3.96. The number of nitrogen functional groups attached to an aromatic ring is 1. The Morgan fingerprint density at radius 2 is 1.50 bits per heavy atom. The van der Waals surface area contributed by atoms with Gasteiger partial charge in [0.15, 0.2) is 5.58 Å². The molecule has 0 atom stereocenters. The summed E-state index contributed by atoms with van der Waals surface area (Å²) in [6.45, 7) is 0. The second-order valence-electron chi connectivity index (χ2n) is 8.15. The Labute approximate surface area is 183 Å². The first-order valence-electron chi connectivity index (χ1n) is 10.1. The van der Waals surface area contributed by atoms with E-state index in [9.17, 15) is 19.5 Å². The number of nitrogens with two attached hydrogens (primary N) is 1. The summed E-state index contributed by atoms with van der Waals surface area (Å²) in [4.78, 5) is 36.9. The van der Waals surface area contributed by atoms with Gasteiger partial charge in [-0.2, -0.15) is 0 Å². The summed E-state index contributed by atoms with van der Waals surface area (Å²) in [6, 6.07) is 10.2. The molecule has 0 radical (unpaired) electrons. The van der Waals surface area contributed by atoms with Crippen LogP contribution in [0.3, 0.4) is 0 Å². The van der Waals surface area contributed by atoms with Crippen LogP contribution in [0.2, 0.25) is 0 Å². The zero-order chi connectivity index (χ0) is 23.1. The summed E-state index contributed by atoms with van der Waals surface area (Å²) in [5.74, 6) is -0.894. The van der Waals surface area contributed by atoms with Gasteiger partial charge in [0, 0.05) is 0 Å². The molecule has 0 bridgehead atoms. The van der Waals surface area contributed by atoms with Crippen molar-refractivity contribution in [3.05, 3.63) is 58.1 Å². The maximum Gasteiger partial charge on any atom is 0.417 e. The highest BCUT2D eigenvalue weighted by atomic mass is 16.5. The van der Waals surface area contributed by atoms with Gasteiger partial charge in [-0.05, 0) is 61.1 Å². The number of rotatable bonds is 4. The van der Waals surface area contributed by atoms with Crippen LogP contribution in [-0.2, 0) is 29.9 Å². The Bertz CT molecular complexity index is 1250. The lowest BCUT2D eigenvalue weighted by atomic mass is 9.95. The lowest BCUT2D eigenvalue weighted by molar-refractivity contribution is -0.144. The first-order chi connectivity index (χ1) is 15.3. The monoisotopic (exact) mass is 440 g/mol. The lowest BCUT2D eigenvalue weighted by Crippen LogP contribution is -2.21. The molecule has 9 heteroatoms. The molecule has 0 aliphatic heterocycles. The van der Waals surface area contributed by atoms with E-state index < -0.39 is 16.6 Å². The van der Waals surface area contributed by atoms with Crippen LogP contribution in [0.4, 0.5) is 5.69 Å². The quantitative estimate of drug-likeness (QED) is 0.319. The van der Waals surface area contributed by atoms with E-state index in [0.717, 1.165) is 36.8 Å². The number of hydrogen-bond acceptors (Lipinski definition) is 8. The van der Waals surface area contributed by atoms with Crippen molar-refractivity contribution in [1.82, 2.24) is 4.98 Å². The van der Waals surface area contributed by atoms with Crippen LogP contribution in [0.5, 0.6) is 5.75 Å². The van der Waals surface area contributed by atoms with Crippen molar-refractivity contribution < 1.29 is 28.6 Å². The van der Waals surface area contributed by atoms with Crippen molar-refractivity contribution in [1.29, 1.82) is 0 Å². The predicted octanol–water partition coefficient (Wildman–Crippen LogP) is 2.50. The van der Waals surface area contributed by atoms with E-state index in [4.69, 9.17) is 19.6 Å². The molecular formula is C23H24N2O7. The van der Waals surface area contributed by atoms with Crippen LogP contribution in [-0.4, -0.2) is 36.2 Å². The van der Waals surface area contributed by atoms with Crippen LogP contribution >= 0.6 is 0 Å². The molecule has 0 saturated heterocycles. The molecule has 2 fully saturated rings. The van der Waals surface area contributed by atoms with Gasteiger partial charge in [0.1, 0.15) is 5.75 Å². The summed E-state index contributed by atoms with van der Waals surface area (Å²) >= 11 is 0. The van der Waals surface area contributed by atoms with Crippen LogP contribution < -0.4 is 11.5 Å². The molecule has 4 N–H and O–H groups in total. The molecule has 9 nitrogen and oxygen atoms in total. The molecule has 0 spiro atoms. The Morgan fingerprint density at radius 1 is 0.969 bits per heavy atom. The fourth-order valence-electron chi connectivity index (χ4n) is 3.96. The van der Waals surface area contributed by atoms with E-state index in [1.165, 1.54) is 20.3 Å². The number of H-pyrrole nitrogens is 1. The van der Waals surface area contributed by atoms with Crippen molar-refractivity contribution in [2.45, 2.75) is 36.5 Å². The predicted molar refractivity (Wildman–Crippen MR) is 115 cm³/mol. The summed E-state index contributed by atoms with van der Waals surface area (Å²) in [5, 5.41) is 9.28. The average Bonchev–Trinajstić information content (AvgIpc) is 3.71. The Kier molecular flexibility index (Phi) is 5.20. The highest BCUT2D eigenvalue weighted by molar-refractivity contribution is 5.88. The summed E-state index contributed by atoms with van der Waals surface area (Å²) in [6.07, 6.45) is 3.13. The zero-order valence-corrected chi connectivity index (χ0v) is 17.8. The lowest BCUT2D eigenvalue weighted by Gasteiger charge is -2.13. The number of methoxy groups -OCH3 is 2. The van der Waals surface area contributed by atoms with Gasteiger partial charge in [-0.1, -0.05) is 12.1 Å². The van der Waals surface area contributed by atoms with Crippen LogP contribution in [0.1, 0.15) is 36.8 Å². The molecule has 0 unspecified atom stereocenters. The molecule has 0 amide bonds. The van der Waals surface area contributed by atoms with Gasteiger partial charge in [-0.15, -0.1) is 0 Å². The molecule has 2 aliphatic carbocycles. The molecular weight excluding hydrogens is 416 g/mol. The molecule has 1 aromatic heterocycles. The van der Waals surface area contributed by atoms with Crippen molar-refractivity contribution in [2.24, 2.45) is 0 Å². The SMILES string of the molecule is COC(=O)C1(c2ccc(O)c(N)c2)CC1.COC(=O)C1(c2ccc3oc(=O)[nH]c3c2)CC1. The smallest absolute Gasteiger partial charge is 0.417 e. The number of anilines is 1. The first-order valence-corrected chi connectivity index (χ1v) is 10.1. The Morgan fingerprint density at radius 3 is 2.00 bits per heavy atom. The minimum absolute atomic E-state index is 0.0411. The standard InChI is InChI=1S/C12H11NO4.C11H13NO3/c1-16-10(14)12(4-5-12)7-2-3-9-8(6-7)13-11(15)17-9;1-15-10(14)11(4-5-11)7-2-3-9(13)8(12)6-7/h2-3,6H,4-5H2,1H3,(H,13,15);2-3,6,13H,4-5,12H2,1H3. The number of aromatic amines is 1. The van der Waals surface area contributed by atoms with Gasteiger partial charge in [0.2, 0.25) is 0 Å². The minimum atomic E-state index is -0.517. The molecule has 1 heterocycles. The number of nitrogens with one attached hydrogen (secondary N) is 1. The third-order valence-corrected chi connectivity index (χ3v) is 6.20. The number of phenols is 1.